The van der Waals surface area contributed by atoms with Crippen LogP contribution in [0.1, 0.15) is 47.2 Å². The van der Waals surface area contributed by atoms with Gasteiger partial charge in [-0.05, 0) is 30.9 Å². The summed E-state index contributed by atoms with van der Waals surface area (Å²) in [7, 11) is 0. The van der Waals surface area contributed by atoms with Crippen molar-refractivity contribution in [3.05, 3.63) is 65.9 Å². The van der Waals surface area contributed by atoms with Crippen LogP contribution in [0.5, 0.6) is 0 Å². The van der Waals surface area contributed by atoms with Crippen LogP contribution >= 0.6 is 0 Å². The Hall–Kier alpha value is -3.33. The first kappa shape index (κ1) is 16.2. The van der Waals surface area contributed by atoms with Crippen LogP contribution in [0.2, 0.25) is 0 Å². The Morgan fingerprint density at radius 3 is 2.88 bits per heavy atom. The minimum atomic E-state index is -0.0749. The summed E-state index contributed by atoms with van der Waals surface area (Å²) >= 11 is 0. The highest BCUT2D eigenvalue weighted by atomic mass is 16.2. The number of imidazole rings is 1. The monoisotopic (exact) mass is 345 g/mol. The fourth-order valence-corrected chi connectivity index (χ4v) is 3.48. The van der Waals surface area contributed by atoms with Gasteiger partial charge >= 0.3 is 0 Å². The molecule has 1 fully saturated rings. The predicted molar refractivity (Wildman–Crippen MR) is 97.2 cm³/mol. The van der Waals surface area contributed by atoms with Gasteiger partial charge < -0.3 is 14.9 Å². The number of likely N-dealkylation sites (tertiary alicyclic amines) is 1. The molecule has 1 saturated heterocycles. The molecule has 3 aromatic rings. The second-order valence-electron chi connectivity index (χ2n) is 6.47. The molecule has 130 valence electrons. The third-order valence-corrected chi connectivity index (χ3v) is 4.81. The lowest BCUT2D eigenvalue weighted by Gasteiger charge is -2.34. The number of nitriles is 1. The number of carbonyl (C=O) groups is 1. The third kappa shape index (κ3) is 3.00. The highest BCUT2D eigenvalue weighted by Crippen LogP contribution is 2.31. The first-order valence-electron chi connectivity index (χ1n) is 8.76. The lowest BCUT2D eigenvalue weighted by molar-refractivity contribution is 0.0601. The standard InChI is InChI=1S/C20H19N5O/c21-11-16-10-15(12-22-16)20(26)25-9-5-4-8-18(25)19-23-13-17(24-19)14-6-2-1-3-7-14/h1-3,6-7,10,12-13,18,22H,4-5,8-9H2,(H,23,24)/t18-/m1/s1. The predicted octanol–water partition coefficient (Wildman–Crippen LogP) is 3.64. The maximum Gasteiger partial charge on any atom is 0.256 e. The Bertz CT molecular complexity index is 950. The van der Waals surface area contributed by atoms with Crippen molar-refractivity contribution in [3.63, 3.8) is 0 Å². The average Bonchev–Trinajstić information content (AvgIpc) is 3.38. The molecule has 0 radical (unpaired) electrons. The molecule has 1 atom stereocenters. The minimum absolute atomic E-state index is 0.0647. The number of hydrogen-bond donors (Lipinski definition) is 2. The lowest BCUT2D eigenvalue weighted by atomic mass is 10.0. The maximum absolute atomic E-state index is 12.9. The second kappa shape index (κ2) is 6.89. The Morgan fingerprint density at radius 2 is 2.12 bits per heavy atom. The first-order valence-corrected chi connectivity index (χ1v) is 8.76. The normalized spacial score (nSPS) is 17.0. The van der Waals surface area contributed by atoms with Gasteiger partial charge in [0, 0.05) is 12.7 Å². The molecule has 1 amide bonds. The van der Waals surface area contributed by atoms with Crippen molar-refractivity contribution in [2.75, 3.05) is 6.54 Å². The molecule has 0 aliphatic carbocycles. The smallest absolute Gasteiger partial charge is 0.256 e. The summed E-state index contributed by atoms with van der Waals surface area (Å²) in [5.41, 5.74) is 2.94. The molecular formula is C20H19N5O. The van der Waals surface area contributed by atoms with Crippen molar-refractivity contribution < 1.29 is 4.79 Å². The average molecular weight is 345 g/mol. The lowest BCUT2D eigenvalue weighted by Crippen LogP contribution is -2.38. The van der Waals surface area contributed by atoms with Gasteiger partial charge in [-0.3, -0.25) is 4.79 Å². The number of hydrogen-bond acceptors (Lipinski definition) is 3. The summed E-state index contributed by atoms with van der Waals surface area (Å²) in [6, 6.07) is 13.6. The van der Waals surface area contributed by atoms with Crippen molar-refractivity contribution >= 4 is 5.91 Å². The van der Waals surface area contributed by atoms with Gasteiger partial charge in [-0.1, -0.05) is 30.3 Å². The maximum atomic E-state index is 12.9. The number of piperidine rings is 1. The molecule has 6 heteroatoms. The topological polar surface area (TPSA) is 88.6 Å². The number of aromatic nitrogens is 3. The third-order valence-electron chi connectivity index (χ3n) is 4.81. The zero-order valence-electron chi connectivity index (χ0n) is 14.3. The molecule has 6 nitrogen and oxygen atoms in total. The molecule has 1 aromatic carbocycles. The van der Waals surface area contributed by atoms with Crippen molar-refractivity contribution in [1.82, 2.24) is 19.9 Å². The van der Waals surface area contributed by atoms with E-state index in [1.165, 1.54) is 0 Å². The summed E-state index contributed by atoms with van der Waals surface area (Å²) in [5, 5.41) is 8.96. The van der Waals surface area contributed by atoms with Gasteiger partial charge in [0.05, 0.1) is 23.5 Å². The van der Waals surface area contributed by atoms with Crippen LogP contribution in [0, 0.1) is 11.3 Å². The van der Waals surface area contributed by atoms with E-state index in [0.717, 1.165) is 36.3 Å². The van der Waals surface area contributed by atoms with Crippen LogP contribution in [0.3, 0.4) is 0 Å². The Morgan fingerprint density at radius 1 is 1.27 bits per heavy atom. The van der Waals surface area contributed by atoms with Gasteiger partial charge in [-0.15, -0.1) is 0 Å². The number of H-pyrrole nitrogens is 2. The number of carbonyl (C=O) groups excluding carboxylic acids is 1. The molecule has 0 bridgehead atoms. The first-order chi connectivity index (χ1) is 12.8. The molecule has 2 N–H and O–H groups in total. The van der Waals surface area contributed by atoms with Gasteiger partial charge in [-0.25, -0.2) is 4.98 Å². The summed E-state index contributed by atoms with van der Waals surface area (Å²) in [6.45, 7) is 0.692. The number of benzene rings is 1. The molecular weight excluding hydrogens is 326 g/mol. The largest absolute Gasteiger partial charge is 0.352 e. The molecule has 26 heavy (non-hydrogen) atoms. The summed E-state index contributed by atoms with van der Waals surface area (Å²) < 4.78 is 0. The van der Waals surface area contributed by atoms with Gasteiger partial charge in [-0.2, -0.15) is 5.26 Å². The Labute approximate surface area is 151 Å². The zero-order valence-corrected chi connectivity index (χ0v) is 14.3. The molecule has 3 heterocycles. The van der Waals surface area contributed by atoms with E-state index in [0.29, 0.717) is 17.8 Å². The SMILES string of the molecule is N#Cc1cc(C(=O)N2CCCC[C@@H]2c2ncc(-c3ccccc3)[nH]2)c[nH]1. The zero-order chi connectivity index (χ0) is 17.9. The fourth-order valence-electron chi connectivity index (χ4n) is 3.48. The van der Waals surface area contributed by atoms with E-state index in [-0.39, 0.29) is 11.9 Å². The summed E-state index contributed by atoms with van der Waals surface area (Å²) in [6.07, 6.45) is 6.34. The van der Waals surface area contributed by atoms with Crippen LogP contribution in [0.4, 0.5) is 0 Å². The highest BCUT2D eigenvalue weighted by Gasteiger charge is 2.31. The second-order valence-corrected chi connectivity index (χ2v) is 6.47. The molecule has 1 aliphatic rings. The van der Waals surface area contributed by atoms with E-state index >= 15 is 0 Å². The van der Waals surface area contributed by atoms with Gasteiger partial charge in [0.2, 0.25) is 0 Å². The fraction of sp³-hybridized carbons (Fsp3) is 0.250. The molecule has 1 aliphatic heterocycles. The Balaban J connectivity index is 1.61. The van der Waals surface area contributed by atoms with E-state index in [2.05, 4.69) is 15.0 Å². The van der Waals surface area contributed by atoms with Crippen molar-refractivity contribution in [2.45, 2.75) is 25.3 Å². The van der Waals surface area contributed by atoms with Gasteiger partial charge in [0.25, 0.3) is 5.91 Å². The van der Waals surface area contributed by atoms with E-state index in [1.807, 2.05) is 47.5 Å². The minimum Gasteiger partial charge on any atom is -0.352 e. The van der Waals surface area contributed by atoms with Gasteiger partial charge in [0.1, 0.15) is 17.6 Å². The van der Waals surface area contributed by atoms with Gasteiger partial charge in [0.15, 0.2) is 0 Å². The molecule has 0 unspecified atom stereocenters. The Kier molecular flexibility index (Phi) is 4.28. The van der Waals surface area contributed by atoms with E-state index in [1.54, 1.807) is 12.3 Å². The number of nitrogens with zero attached hydrogens (tertiary/aromatic N) is 3. The molecule has 2 aromatic heterocycles. The van der Waals surface area contributed by atoms with Crippen molar-refractivity contribution in [2.24, 2.45) is 0 Å². The molecule has 4 rings (SSSR count). The van der Waals surface area contributed by atoms with Crippen LogP contribution in [-0.4, -0.2) is 32.3 Å². The number of aromatic amines is 2. The van der Waals surface area contributed by atoms with Crippen LogP contribution in [-0.2, 0) is 0 Å². The van der Waals surface area contributed by atoms with Crippen LogP contribution in [0.25, 0.3) is 11.3 Å². The summed E-state index contributed by atoms with van der Waals surface area (Å²) in [5.74, 6) is 0.748. The number of rotatable bonds is 3. The van der Waals surface area contributed by atoms with Crippen LogP contribution < -0.4 is 0 Å². The van der Waals surface area contributed by atoms with Crippen molar-refractivity contribution in [1.29, 1.82) is 5.26 Å². The molecule has 0 saturated carbocycles. The van der Waals surface area contributed by atoms with E-state index < -0.39 is 0 Å². The van der Waals surface area contributed by atoms with Crippen LogP contribution in [0.15, 0.2) is 48.8 Å². The molecule has 0 spiro atoms. The van der Waals surface area contributed by atoms with Crippen molar-refractivity contribution in [3.8, 4) is 17.3 Å². The summed E-state index contributed by atoms with van der Waals surface area (Å²) in [4.78, 5) is 25.6. The number of nitrogens with one attached hydrogen (secondary N) is 2. The number of amides is 1. The van der Waals surface area contributed by atoms with E-state index in [9.17, 15) is 4.79 Å². The van der Waals surface area contributed by atoms with E-state index in [4.69, 9.17) is 5.26 Å². The highest BCUT2D eigenvalue weighted by molar-refractivity contribution is 5.94. The quantitative estimate of drug-likeness (QED) is 0.759.